The Morgan fingerprint density at radius 3 is 2.93 bits per heavy atom. The van der Waals surface area contributed by atoms with Crippen LogP contribution in [-0.4, -0.2) is 56.9 Å². The zero-order valence-electron chi connectivity index (χ0n) is 16.9. The van der Waals surface area contributed by atoms with Crippen molar-refractivity contribution >= 4 is 28.6 Å². The van der Waals surface area contributed by atoms with Gasteiger partial charge >= 0.3 is 0 Å². The fourth-order valence-electron chi connectivity index (χ4n) is 3.48. The fourth-order valence-corrected chi connectivity index (χ4v) is 4.38. The Balaban J connectivity index is 1.59. The van der Waals surface area contributed by atoms with Crippen molar-refractivity contribution in [2.24, 2.45) is 0 Å². The lowest BCUT2D eigenvalue weighted by atomic mass is 10.2. The normalized spacial score (nSPS) is 16.7. The predicted molar refractivity (Wildman–Crippen MR) is 117 cm³/mol. The second kappa shape index (κ2) is 9.40. The highest BCUT2D eigenvalue weighted by Gasteiger charge is 2.23. The molecule has 1 aliphatic rings. The average molecular weight is 425 g/mol. The van der Waals surface area contributed by atoms with Gasteiger partial charge in [-0.1, -0.05) is 36.9 Å². The Morgan fingerprint density at radius 1 is 1.27 bits per heavy atom. The van der Waals surface area contributed by atoms with E-state index in [9.17, 15) is 9.59 Å². The van der Waals surface area contributed by atoms with Crippen LogP contribution in [0.3, 0.4) is 0 Å². The van der Waals surface area contributed by atoms with Crippen LogP contribution in [0, 0.1) is 0 Å². The van der Waals surface area contributed by atoms with Crippen molar-refractivity contribution in [3.05, 3.63) is 64.7 Å². The van der Waals surface area contributed by atoms with E-state index in [1.54, 1.807) is 23.0 Å². The van der Waals surface area contributed by atoms with Crippen LogP contribution in [0.5, 0.6) is 0 Å². The highest BCUT2D eigenvalue weighted by molar-refractivity contribution is 7.99. The second-order valence-electron chi connectivity index (χ2n) is 7.19. The molecule has 3 heterocycles. The minimum atomic E-state index is -0.114. The minimum absolute atomic E-state index is 0.0390. The van der Waals surface area contributed by atoms with E-state index in [1.807, 2.05) is 35.2 Å². The molecule has 0 radical (unpaired) electrons. The number of carbonyl (C=O) groups excluding carboxylic acids is 1. The minimum Gasteiger partial charge on any atom is -0.375 e. The summed E-state index contributed by atoms with van der Waals surface area (Å²) in [6.45, 7) is 4.20. The van der Waals surface area contributed by atoms with Gasteiger partial charge in [0.25, 0.3) is 5.56 Å². The summed E-state index contributed by atoms with van der Waals surface area (Å²) >= 11 is 1.31. The van der Waals surface area contributed by atoms with E-state index in [-0.39, 0.29) is 23.3 Å². The summed E-state index contributed by atoms with van der Waals surface area (Å²) in [7, 11) is 0. The Morgan fingerprint density at radius 2 is 2.13 bits per heavy atom. The van der Waals surface area contributed by atoms with E-state index in [1.165, 1.54) is 11.8 Å². The van der Waals surface area contributed by atoms with Crippen molar-refractivity contribution in [3.63, 3.8) is 0 Å². The summed E-state index contributed by atoms with van der Waals surface area (Å²) in [6, 6.07) is 11.1. The summed E-state index contributed by atoms with van der Waals surface area (Å²) in [5.74, 6) is 0.269. The van der Waals surface area contributed by atoms with E-state index in [4.69, 9.17) is 9.72 Å². The van der Waals surface area contributed by atoms with Crippen LogP contribution in [0.1, 0.15) is 18.9 Å². The number of para-hydroxylation sites is 1. The Labute approximate surface area is 179 Å². The van der Waals surface area contributed by atoms with Crippen molar-refractivity contribution in [2.75, 3.05) is 25.4 Å². The van der Waals surface area contributed by atoms with Gasteiger partial charge in [0.15, 0.2) is 5.16 Å². The molecule has 1 amide bonds. The summed E-state index contributed by atoms with van der Waals surface area (Å²) < 4.78 is 7.29. The van der Waals surface area contributed by atoms with E-state index < -0.39 is 0 Å². The molecule has 0 saturated carbocycles. The standard InChI is InChI=1S/C22H24N4O3S/c1-2-17-14-25(10-11-29-17)20(27)15-30-22-24-19-8-4-3-7-18(19)21(28)26(22)13-16-6-5-9-23-12-16/h3-9,12,17H,2,10-11,13-15H2,1H3. The van der Waals surface area contributed by atoms with E-state index >= 15 is 0 Å². The highest BCUT2D eigenvalue weighted by atomic mass is 32.2. The number of aromatic nitrogens is 3. The number of amides is 1. The van der Waals surface area contributed by atoms with Gasteiger partial charge in [0.05, 0.1) is 35.9 Å². The first-order valence-corrected chi connectivity index (χ1v) is 11.0. The predicted octanol–water partition coefficient (Wildman–Crippen LogP) is 2.57. The Hall–Kier alpha value is -2.71. The number of rotatable bonds is 6. The lowest BCUT2D eigenvalue weighted by Crippen LogP contribution is -2.46. The highest BCUT2D eigenvalue weighted by Crippen LogP contribution is 2.20. The number of benzene rings is 1. The zero-order valence-corrected chi connectivity index (χ0v) is 17.7. The van der Waals surface area contributed by atoms with Crippen LogP contribution in [0.2, 0.25) is 0 Å². The first-order valence-electron chi connectivity index (χ1n) is 10.1. The summed E-state index contributed by atoms with van der Waals surface area (Å²) in [5, 5.41) is 1.10. The molecule has 1 fully saturated rings. The molecule has 2 aromatic heterocycles. The van der Waals surface area contributed by atoms with Gasteiger partial charge in [-0.25, -0.2) is 4.98 Å². The van der Waals surface area contributed by atoms with Crippen LogP contribution >= 0.6 is 11.8 Å². The summed E-state index contributed by atoms with van der Waals surface area (Å²) in [5.41, 5.74) is 1.43. The van der Waals surface area contributed by atoms with Gasteiger partial charge in [-0.3, -0.25) is 19.1 Å². The molecule has 1 atom stereocenters. The maximum atomic E-state index is 13.2. The molecule has 1 saturated heterocycles. The molecule has 1 aliphatic heterocycles. The maximum absolute atomic E-state index is 13.2. The van der Waals surface area contributed by atoms with Crippen molar-refractivity contribution in [2.45, 2.75) is 31.1 Å². The molecule has 8 heteroatoms. The van der Waals surface area contributed by atoms with Gasteiger partial charge in [0.2, 0.25) is 5.91 Å². The van der Waals surface area contributed by atoms with Gasteiger partial charge in [-0.2, -0.15) is 0 Å². The number of carbonyl (C=O) groups is 1. The molecule has 0 N–H and O–H groups in total. The molecule has 0 spiro atoms. The SMILES string of the molecule is CCC1CN(C(=O)CSc2nc3ccccc3c(=O)n2Cc2cccnc2)CCO1. The molecule has 3 aromatic rings. The number of thioether (sulfide) groups is 1. The molecular formula is C22H24N4O3S. The maximum Gasteiger partial charge on any atom is 0.262 e. The lowest BCUT2D eigenvalue weighted by molar-refractivity contribution is -0.135. The smallest absolute Gasteiger partial charge is 0.262 e. The second-order valence-corrected chi connectivity index (χ2v) is 8.14. The molecule has 0 aliphatic carbocycles. The third-order valence-electron chi connectivity index (χ3n) is 5.16. The van der Waals surface area contributed by atoms with Gasteiger partial charge in [0.1, 0.15) is 0 Å². The lowest BCUT2D eigenvalue weighted by Gasteiger charge is -2.32. The molecule has 4 rings (SSSR count). The molecule has 7 nitrogen and oxygen atoms in total. The molecule has 156 valence electrons. The third-order valence-corrected chi connectivity index (χ3v) is 6.12. The molecule has 0 bridgehead atoms. The fraction of sp³-hybridized carbons (Fsp3) is 0.364. The van der Waals surface area contributed by atoms with Crippen LogP contribution in [0.25, 0.3) is 10.9 Å². The number of morpholine rings is 1. The van der Waals surface area contributed by atoms with E-state index in [0.717, 1.165) is 12.0 Å². The topological polar surface area (TPSA) is 77.3 Å². The van der Waals surface area contributed by atoms with E-state index in [0.29, 0.717) is 42.3 Å². The Bertz CT molecular complexity index is 1090. The number of hydrogen-bond acceptors (Lipinski definition) is 6. The number of ether oxygens (including phenoxy) is 1. The molecule has 1 unspecified atom stereocenters. The van der Waals surface area contributed by atoms with Crippen LogP contribution in [-0.2, 0) is 16.1 Å². The quantitative estimate of drug-likeness (QED) is 0.447. The van der Waals surface area contributed by atoms with Crippen LogP contribution in [0.4, 0.5) is 0 Å². The van der Waals surface area contributed by atoms with Gasteiger partial charge in [-0.05, 0) is 30.2 Å². The van der Waals surface area contributed by atoms with Crippen molar-refractivity contribution < 1.29 is 9.53 Å². The number of pyridine rings is 1. The zero-order chi connectivity index (χ0) is 20.9. The van der Waals surface area contributed by atoms with Crippen LogP contribution < -0.4 is 5.56 Å². The van der Waals surface area contributed by atoms with Gasteiger partial charge < -0.3 is 9.64 Å². The average Bonchev–Trinajstić information content (AvgIpc) is 2.80. The summed E-state index contributed by atoms with van der Waals surface area (Å²) in [6.07, 6.45) is 4.41. The van der Waals surface area contributed by atoms with Gasteiger partial charge in [0, 0.05) is 25.5 Å². The van der Waals surface area contributed by atoms with Crippen molar-refractivity contribution in [1.82, 2.24) is 19.4 Å². The molecular weight excluding hydrogens is 400 g/mol. The first kappa shape index (κ1) is 20.6. The number of nitrogens with zero attached hydrogens (tertiary/aromatic N) is 4. The first-order chi connectivity index (χ1) is 14.7. The monoisotopic (exact) mass is 424 g/mol. The third kappa shape index (κ3) is 4.55. The largest absolute Gasteiger partial charge is 0.375 e. The van der Waals surface area contributed by atoms with Crippen LogP contribution in [0.15, 0.2) is 58.7 Å². The molecule has 30 heavy (non-hydrogen) atoms. The number of hydrogen-bond donors (Lipinski definition) is 0. The van der Waals surface area contributed by atoms with Gasteiger partial charge in [-0.15, -0.1) is 0 Å². The van der Waals surface area contributed by atoms with E-state index in [2.05, 4.69) is 11.9 Å². The van der Waals surface area contributed by atoms with Crippen molar-refractivity contribution in [3.8, 4) is 0 Å². The number of fused-ring (bicyclic) bond motifs is 1. The molecule has 1 aromatic carbocycles. The Kier molecular flexibility index (Phi) is 6.44. The van der Waals surface area contributed by atoms with Crippen molar-refractivity contribution in [1.29, 1.82) is 0 Å². The summed E-state index contributed by atoms with van der Waals surface area (Å²) in [4.78, 5) is 36.6.